The van der Waals surface area contributed by atoms with Gasteiger partial charge in [0.25, 0.3) is 0 Å². The van der Waals surface area contributed by atoms with Gasteiger partial charge in [-0.05, 0) is 30.6 Å². The molecule has 1 amide bonds. The molecule has 0 aliphatic heterocycles. The van der Waals surface area contributed by atoms with Crippen molar-refractivity contribution in [3.05, 3.63) is 0 Å². The van der Waals surface area contributed by atoms with E-state index in [1.165, 1.54) is 6.42 Å². The van der Waals surface area contributed by atoms with Crippen molar-refractivity contribution < 1.29 is 9.90 Å². The number of amides is 1. The maximum atomic E-state index is 10.6. The summed E-state index contributed by atoms with van der Waals surface area (Å²) in [6, 6.07) is 0.163. The Morgan fingerprint density at radius 2 is 2.07 bits per heavy atom. The predicted octanol–water partition coefficient (Wildman–Crippen LogP) is 2.71. The van der Waals surface area contributed by atoms with Gasteiger partial charge in [0, 0.05) is 6.04 Å². The first-order valence-electron chi connectivity index (χ1n) is 5.50. The molecule has 2 N–H and O–H groups in total. The summed E-state index contributed by atoms with van der Waals surface area (Å²) < 4.78 is 0. The smallest absolute Gasteiger partial charge is 0.404 e. The highest BCUT2D eigenvalue weighted by molar-refractivity contribution is 5.64. The van der Waals surface area contributed by atoms with Gasteiger partial charge in [0.1, 0.15) is 0 Å². The van der Waals surface area contributed by atoms with Crippen molar-refractivity contribution >= 4 is 6.09 Å². The standard InChI is InChI=1S/C11H21NO2/c1-7(2)9-5-4-8(3)6-10(9)12-11(13)14/h7-10,12H,4-6H2,1-3H3,(H,13,14)/t8-,9-,10+/m0/s1. The fourth-order valence-electron chi connectivity index (χ4n) is 2.53. The molecule has 0 aromatic rings. The highest BCUT2D eigenvalue weighted by Crippen LogP contribution is 2.33. The van der Waals surface area contributed by atoms with Gasteiger partial charge in [-0.1, -0.05) is 27.2 Å². The van der Waals surface area contributed by atoms with Crippen molar-refractivity contribution in [1.29, 1.82) is 0 Å². The molecule has 0 spiro atoms. The van der Waals surface area contributed by atoms with Gasteiger partial charge in [0.2, 0.25) is 0 Å². The molecule has 0 aromatic carbocycles. The third kappa shape index (κ3) is 2.89. The SMILES string of the molecule is CC(C)[C@@H]1CC[C@H](C)C[C@H]1NC(=O)O. The van der Waals surface area contributed by atoms with Crippen molar-refractivity contribution in [3.8, 4) is 0 Å². The summed E-state index contributed by atoms with van der Waals surface area (Å²) in [6.07, 6.45) is 2.51. The molecule has 14 heavy (non-hydrogen) atoms. The Balaban J connectivity index is 2.58. The number of rotatable bonds is 2. The molecular weight excluding hydrogens is 178 g/mol. The number of carboxylic acid groups (broad SMARTS) is 1. The van der Waals surface area contributed by atoms with Crippen LogP contribution in [-0.2, 0) is 0 Å². The quantitative estimate of drug-likeness (QED) is 0.718. The van der Waals surface area contributed by atoms with Crippen LogP contribution in [0.3, 0.4) is 0 Å². The normalized spacial score (nSPS) is 33.0. The largest absolute Gasteiger partial charge is 0.465 e. The van der Waals surface area contributed by atoms with Crippen LogP contribution in [0.25, 0.3) is 0 Å². The molecule has 0 bridgehead atoms. The lowest BCUT2D eigenvalue weighted by Gasteiger charge is -2.37. The van der Waals surface area contributed by atoms with Gasteiger partial charge < -0.3 is 10.4 Å². The molecule has 0 unspecified atom stereocenters. The lowest BCUT2D eigenvalue weighted by Crippen LogP contribution is -2.45. The molecular formula is C11H21NO2. The zero-order valence-corrected chi connectivity index (χ0v) is 9.29. The molecule has 3 nitrogen and oxygen atoms in total. The third-order valence-electron chi connectivity index (χ3n) is 3.33. The number of hydrogen-bond acceptors (Lipinski definition) is 1. The highest BCUT2D eigenvalue weighted by Gasteiger charge is 2.31. The van der Waals surface area contributed by atoms with E-state index in [-0.39, 0.29) is 6.04 Å². The van der Waals surface area contributed by atoms with Crippen LogP contribution in [0.5, 0.6) is 0 Å². The van der Waals surface area contributed by atoms with E-state index < -0.39 is 6.09 Å². The Labute approximate surface area is 85.9 Å². The predicted molar refractivity (Wildman–Crippen MR) is 56.3 cm³/mol. The Bertz CT molecular complexity index is 203. The molecule has 1 aliphatic carbocycles. The summed E-state index contributed by atoms with van der Waals surface area (Å²) in [5, 5.41) is 11.4. The second kappa shape index (κ2) is 4.67. The minimum Gasteiger partial charge on any atom is -0.465 e. The minimum absolute atomic E-state index is 0.163. The first-order valence-corrected chi connectivity index (χ1v) is 5.50. The number of nitrogens with one attached hydrogen (secondary N) is 1. The molecule has 0 radical (unpaired) electrons. The average molecular weight is 199 g/mol. The van der Waals surface area contributed by atoms with Gasteiger partial charge in [-0.15, -0.1) is 0 Å². The Hall–Kier alpha value is -0.730. The summed E-state index contributed by atoms with van der Waals surface area (Å²) in [4.78, 5) is 10.6. The molecule has 0 saturated heterocycles. The van der Waals surface area contributed by atoms with Crippen LogP contribution in [0.15, 0.2) is 0 Å². The van der Waals surface area contributed by atoms with E-state index in [1.54, 1.807) is 0 Å². The Morgan fingerprint density at radius 1 is 1.43 bits per heavy atom. The van der Waals surface area contributed by atoms with Gasteiger partial charge in [-0.2, -0.15) is 0 Å². The zero-order chi connectivity index (χ0) is 10.7. The summed E-state index contributed by atoms with van der Waals surface area (Å²) in [5.74, 6) is 1.74. The van der Waals surface area contributed by atoms with Gasteiger partial charge in [-0.25, -0.2) is 4.79 Å². The van der Waals surface area contributed by atoms with Gasteiger partial charge in [-0.3, -0.25) is 0 Å². The molecule has 1 aliphatic rings. The van der Waals surface area contributed by atoms with Crippen molar-refractivity contribution in [1.82, 2.24) is 5.32 Å². The van der Waals surface area contributed by atoms with E-state index in [0.29, 0.717) is 17.8 Å². The fraction of sp³-hybridized carbons (Fsp3) is 0.909. The van der Waals surface area contributed by atoms with Gasteiger partial charge in [0.15, 0.2) is 0 Å². The van der Waals surface area contributed by atoms with Crippen molar-refractivity contribution in [2.24, 2.45) is 17.8 Å². The lowest BCUT2D eigenvalue weighted by atomic mass is 9.74. The van der Waals surface area contributed by atoms with Crippen molar-refractivity contribution in [2.45, 2.75) is 46.1 Å². The van der Waals surface area contributed by atoms with Gasteiger partial charge >= 0.3 is 6.09 Å². The monoisotopic (exact) mass is 199 g/mol. The van der Waals surface area contributed by atoms with Crippen molar-refractivity contribution in [2.75, 3.05) is 0 Å². The average Bonchev–Trinajstić information content (AvgIpc) is 2.01. The Morgan fingerprint density at radius 3 is 2.57 bits per heavy atom. The maximum absolute atomic E-state index is 10.6. The highest BCUT2D eigenvalue weighted by atomic mass is 16.4. The zero-order valence-electron chi connectivity index (χ0n) is 9.29. The third-order valence-corrected chi connectivity index (χ3v) is 3.33. The Kier molecular flexibility index (Phi) is 3.78. The topological polar surface area (TPSA) is 49.3 Å². The van der Waals surface area contributed by atoms with Crippen LogP contribution < -0.4 is 5.32 Å². The molecule has 0 aromatic heterocycles. The molecule has 1 saturated carbocycles. The van der Waals surface area contributed by atoms with Crippen LogP contribution in [-0.4, -0.2) is 17.2 Å². The van der Waals surface area contributed by atoms with E-state index in [1.807, 2.05) is 0 Å². The van der Waals surface area contributed by atoms with Crippen molar-refractivity contribution in [3.63, 3.8) is 0 Å². The van der Waals surface area contributed by atoms with Crippen LogP contribution in [0, 0.1) is 17.8 Å². The summed E-state index contributed by atoms with van der Waals surface area (Å²) >= 11 is 0. The van der Waals surface area contributed by atoms with Crippen LogP contribution >= 0.6 is 0 Å². The van der Waals surface area contributed by atoms with E-state index in [4.69, 9.17) is 5.11 Å². The molecule has 3 atom stereocenters. The van der Waals surface area contributed by atoms with Crippen LogP contribution in [0.1, 0.15) is 40.0 Å². The molecule has 1 fully saturated rings. The fourth-order valence-corrected chi connectivity index (χ4v) is 2.53. The second-order valence-corrected chi connectivity index (χ2v) is 4.88. The second-order valence-electron chi connectivity index (χ2n) is 4.88. The summed E-state index contributed by atoms with van der Waals surface area (Å²) in [6.45, 7) is 6.56. The van der Waals surface area contributed by atoms with E-state index in [0.717, 1.165) is 12.8 Å². The molecule has 3 heteroatoms. The lowest BCUT2D eigenvalue weighted by molar-refractivity contribution is 0.147. The number of carbonyl (C=O) groups is 1. The minimum atomic E-state index is -0.880. The number of hydrogen-bond donors (Lipinski definition) is 2. The van der Waals surface area contributed by atoms with E-state index >= 15 is 0 Å². The molecule has 1 rings (SSSR count). The van der Waals surface area contributed by atoms with Crippen LogP contribution in [0.4, 0.5) is 4.79 Å². The van der Waals surface area contributed by atoms with Gasteiger partial charge in [0.05, 0.1) is 0 Å². The first-order chi connectivity index (χ1) is 6.50. The first kappa shape index (κ1) is 11.3. The summed E-state index contributed by atoms with van der Waals surface area (Å²) in [7, 11) is 0. The van der Waals surface area contributed by atoms with E-state index in [9.17, 15) is 4.79 Å². The maximum Gasteiger partial charge on any atom is 0.404 e. The van der Waals surface area contributed by atoms with Crippen LogP contribution in [0.2, 0.25) is 0 Å². The van der Waals surface area contributed by atoms with E-state index in [2.05, 4.69) is 26.1 Å². The summed E-state index contributed by atoms with van der Waals surface area (Å²) in [5.41, 5.74) is 0. The molecule has 0 heterocycles. The molecule has 82 valence electrons.